The third kappa shape index (κ3) is 3.34. The number of nitrogens with one attached hydrogen (secondary N) is 1. The van der Waals surface area contributed by atoms with Crippen molar-refractivity contribution >= 4 is 44.7 Å². The fourth-order valence-corrected chi connectivity index (χ4v) is 3.91. The second-order valence-corrected chi connectivity index (χ2v) is 7.36. The molecule has 0 amide bonds. The Kier molecular flexibility index (Phi) is 4.46. The second-order valence-electron chi connectivity index (χ2n) is 5.78. The number of non-ortho nitro benzene ring substituents is 1. The third-order valence-corrected chi connectivity index (χ3v) is 5.54. The van der Waals surface area contributed by atoms with Gasteiger partial charge in [0.05, 0.1) is 15.3 Å². The molecule has 27 heavy (non-hydrogen) atoms. The van der Waals surface area contributed by atoms with Crippen molar-refractivity contribution in [2.75, 3.05) is 5.32 Å². The summed E-state index contributed by atoms with van der Waals surface area (Å²) in [5.41, 5.74) is 0.814. The topological polar surface area (TPSA) is 98.8 Å². The number of anilines is 1. The molecule has 0 saturated heterocycles. The molecule has 0 aliphatic carbocycles. The van der Waals surface area contributed by atoms with Crippen molar-refractivity contribution in [2.24, 2.45) is 0 Å². The van der Waals surface area contributed by atoms with Crippen LogP contribution in [-0.2, 0) is 6.54 Å². The van der Waals surface area contributed by atoms with Gasteiger partial charge in [0.2, 0.25) is 5.95 Å². The van der Waals surface area contributed by atoms with Gasteiger partial charge in [-0.15, -0.1) is 11.3 Å². The zero-order chi connectivity index (χ0) is 19.0. The number of thiophene rings is 1. The van der Waals surface area contributed by atoms with E-state index in [4.69, 9.17) is 11.6 Å². The zero-order valence-corrected chi connectivity index (χ0v) is 15.7. The number of hydrogen-bond donors (Lipinski definition) is 1. The number of fused-ring (bicyclic) bond motifs is 1. The molecule has 136 valence electrons. The van der Waals surface area contributed by atoms with Gasteiger partial charge in [-0.2, -0.15) is 4.98 Å². The molecule has 0 saturated carbocycles. The van der Waals surface area contributed by atoms with E-state index < -0.39 is 4.92 Å². The van der Waals surface area contributed by atoms with E-state index in [0.29, 0.717) is 23.3 Å². The van der Waals surface area contributed by atoms with Crippen LogP contribution in [-0.4, -0.2) is 24.4 Å². The molecule has 1 N–H and O–H groups in total. The van der Waals surface area contributed by atoms with Gasteiger partial charge in [-0.1, -0.05) is 23.7 Å². The maximum Gasteiger partial charge on any atom is 0.269 e. The summed E-state index contributed by atoms with van der Waals surface area (Å²) in [6, 6.07) is 6.46. The summed E-state index contributed by atoms with van der Waals surface area (Å²) < 4.78 is 1.71. The van der Waals surface area contributed by atoms with Gasteiger partial charge >= 0.3 is 0 Å². The van der Waals surface area contributed by atoms with E-state index in [-0.39, 0.29) is 5.69 Å². The van der Waals surface area contributed by atoms with E-state index in [9.17, 15) is 10.1 Å². The molecule has 10 heteroatoms. The highest BCUT2D eigenvalue weighted by molar-refractivity contribution is 7.19. The summed E-state index contributed by atoms with van der Waals surface area (Å²) in [6.07, 6.45) is 5.03. The number of nitro groups is 1. The summed E-state index contributed by atoms with van der Waals surface area (Å²) in [4.78, 5) is 25.4. The van der Waals surface area contributed by atoms with Crippen LogP contribution in [0.25, 0.3) is 16.2 Å². The SMILES string of the molecule is Cc1sc2nc(-n3ccnc3)nc(NCc3cccc([N+](=O)[O-])c3)c2c1Cl. The van der Waals surface area contributed by atoms with E-state index >= 15 is 0 Å². The maximum absolute atomic E-state index is 11.0. The summed E-state index contributed by atoms with van der Waals surface area (Å²) in [5.74, 6) is 1.05. The van der Waals surface area contributed by atoms with E-state index in [2.05, 4.69) is 20.3 Å². The highest BCUT2D eigenvalue weighted by Crippen LogP contribution is 2.38. The van der Waals surface area contributed by atoms with Crippen LogP contribution in [0.5, 0.6) is 0 Å². The minimum atomic E-state index is -0.414. The second kappa shape index (κ2) is 6.93. The van der Waals surface area contributed by atoms with Crippen molar-refractivity contribution in [3.8, 4) is 5.95 Å². The lowest BCUT2D eigenvalue weighted by Gasteiger charge is -2.10. The number of aryl methyl sites for hydroxylation is 1. The lowest BCUT2D eigenvalue weighted by molar-refractivity contribution is -0.384. The first-order valence-electron chi connectivity index (χ1n) is 7.95. The van der Waals surface area contributed by atoms with Crippen LogP contribution >= 0.6 is 22.9 Å². The Morgan fingerprint density at radius 2 is 2.22 bits per heavy atom. The van der Waals surface area contributed by atoms with Gasteiger partial charge < -0.3 is 5.32 Å². The van der Waals surface area contributed by atoms with Crippen molar-refractivity contribution in [3.63, 3.8) is 0 Å². The summed E-state index contributed by atoms with van der Waals surface area (Å²) >= 11 is 7.94. The fourth-order valence-electron chi connectivity index (χ4n) is 2.65. The highest BCUT2D eigenvalue weighted by Gasteiger charge is 2.17. The monoisotopic (exact) mass is 400 g/mol. The number of hydrogen-bond acceptors (Lipinski definition) is 7. The van der Waals surface area contributed by atoms with Crippen molar-refractivity contribution in [3.05, 3.63) is 68.6 Å². The molecule has 3 heterocycles. The summed E-state index contributed by atoms with van der Waals surface area (Å²) in [7, 11) is 0. The molecule has 8 nitrogen and oxygen atoms in total. The Morgan fingerprint density at radius 3 is 2.96 bits per heavy atom. The first kappa shape index (κ1) is 17.4. The Morgan fingerprint density at radius 1 is 1.37 bits per heavy atom. The average molecular weight is 401 g/mol. The molecule has 0 atom stereocenters. The van der Waals surface area contributed by atoms with Gasteiger partial charge in [-0.3, -0.25) is 14.7 Å². The smallest absolute Gasteiger partial charge is 0.269 e. The molecule has 0 fully saturated rings. The first-order chi connectivity index (χ1) is 13.0. The summed E-state index contributed by atoms with van der Waals surface area (Å²) in [5, 5.41) is 15.6. The molecular formula is C17H13ClN6O2S. The highest BCUT2D eigenvalue weighted by atomic mass is 35.5. The van der Waals surface area contributed by atoms with E-state index in [1.54, 1.807) is 29.4 Å². The van der Waals surface area contributed by atoms with Gasteiger partial charge in [0, 0.05) is 35.9 Å². The average Bonchev–Trinajstić information content (AvgIpc) is 3.29. The minimum absolute atomic E-state index is 0.0469. The Hall–Kier alpha value is -3.04. The number of nitro benzene ring substituents is 1. The molecule has 3 aromatic heterocycles. The predicted molar refractivity (Wildman–Crippen MR) is 105 cm³/mol. The molecule has 4 rings (SSSR count). The van der Waals surface area contributed by atoms with Crippen molar-refractivity contribution in [1.82, 2.24) is 19.5 Å². The van der Waals surface area contributed by atoms with Crippen LogP contribution < -0.4 is 5.32 Å². The first-order valence-corrected chi connectivity index (χ1v) is 9.14. The Labute approximate surface area is 162 Å². The Balaban J connectivity index is 1.73. The molecule has 0 aliphatic rings. The molecule has 0 radical (unpaired) electrons. The van der Waals surface area contributed by atoms with Gasteiger partial charge in [0.15, 0.2) is 0 Å². The normalized spacial score (nSPS) is 11.0. The molecule has 0 bridgehead atoms. The van der Waals surface area contributed by atoms with Gasteiger partial charge in [-0.25, -0.2) is 9.97 Å². The molecular weight excluding hydrogens is 388 g/mol. The van der Waals surface area contributed by atoms with Crippen molar-refractivity contribution in [1.29, 1.82) is 0 Å². The standard InChI is InChI=1S/C17H13ClN6O2S/c1-10-14(18)13-15(20-8-11-3-2-4-12(7-11)24(25)26)21-17(22-16(13)27-10)23-6-5-19-9-23/h2-7,9H,8H2,1H3,(H,20,21,22). The van der Waals surface area contributed by atoms with Crippen LogP contribution in [0.2, 0.25) is 5.02 Å². The number of benzene rings is 1. The molecule has 1 aromatic carbocycles. The number of nitrogens with zero attached hydrogens (tertiary/aromatic N) is 5. The largest absolute Gasteiger partial charge is 0.365 e. The number of halogens is 1. The van der Waals surface area contributed by atoms with Crippen LogP contribution in [0.15, 0.2) is 43.0 Å². The van der Waals surface area contributed by atoms with Crippen LogP contribution in [0.1, 0.15) is 10.4 Å². The quantitative estimate of drug-likeness (QED) is 0.394. The van der Waals surface area contributed by atoms with Crippen LogP contribution in [0.4, 0.5) is 11.5 Å². The predicted octanol–water partition coefficient (Wildman–Crippen LogP) is 4.36. The molecule has 4 aromatic rings. The van der Waals surface area contributed by atoms with E-state index in [1.165, 1.54) is 23.5 Å². The third-order valence-electron chi connectivity index (χ3n) is 3.96. The lowest BCUT2D eigenvalue weighted by Crippen LogP contribution is -2.06. The fraction of sp³-hybridized carbons (Fsp3) is 0.118. The van der Waals surface area contributed by atoms with Gasteiger partial charge in [0.1, 0.15) is 17.0 Å². The number of imidazole rings is 1. The Bertz CT molecular complexity index is 1140. The van der Waals surface area contributed by atoms with Crippen molar-refractivity contribution in [2.45, 2.75) is 13.5 Å². The van der Waals surface area contributed by atoms with Crippen LogP contribution in [0.3, 0.4) is 0 Å². The van der Waals surface area contributed by atoms with E-state index in [0.717, 1.165) is 20.7 Å². The lowest BCUT2D eigenvalue weighted by atomic mass is 10.2. The van der Waals surface area contributed by atoms with Crippen LogP contribution in [0, 0.1) is 17.0 Å². The molecule has 0 aliphatic heterocycles. The summed E-state index contributed by atoms with van der Waals surface area (Å²) in [6.45, 7) is 2.29. The minimum Gasteiger partial charge on any atom is -0.365 e. The number of rotatable bonds is 5. The number of aromatic nitrogens is 4. The van der Waals surface area contributed by atoms with Gasteiger partial charge in [-0.05, 0) is 12.5 Å². The molecule has 0 spiro atoms. The van der Waals surface area contributed by atoms with E-state index in [1.807, 2.05) is 13.0 Å². The molecule has 0 unspecified atom stereocenters. The zero-order valence-electron chi connectivity index (χ0n) is 14.1. The maximum atomic E-state index is 11.0. The van der Waals surface area contributed by atoms with Crippen molar-refractivity contribution < 1.29 is 4.92 Å². The van der Waals surface area contributed by atoms with Gasteiger partial charge in [0.25, 0.3) is 5.69 Å².